The number of benzene rings is 1. The summed E-state index contributed by atoms with van der Waals surface area (Å²) in [7, 11) is 0. The van der Waals surface area contributed by atoms with Crippen LogP contribution in [-0.4, -0.2) is 41.5 Å². The molecule has 3 rings (SSSR count). The van der Waals surface area contributed by atoms with Crippen LogP contribution in [0.2, 0.25) is 0 Å². The Morgan fingerprint density at radius 2 is 1.92 bits per heavy atom. The summed E-state index contributed by atoms with van der Waals surface area (Å²) in [5.41, 5.74) is 1.85. The summed E-state index contributed by atoms with van der Waals surface area (Å²) in [4.78, 5) is 28.9. The highest BCUT2D eigenvalue weighted by Gasteiger charge is 2.21. The van der Waals surface area contributed by atoms with E-state index in [1.807, 2.05) is 36.4 Å². The number of rotatable bonds is 5. The summed E-state index contributed by atoms with van der Waals surface area (Å²) in [6.45, 7) is 1.75. The lowest BCUT2D eigenvalue weighted by atomic mass is 10.2. The number of likely N-dealkylation sites (tertiary alicyclic amines) is 1. The molecule has 0 atom stereocenters. The Bertz CT molecular complexity index is 728. The van der Waals surface area contributed by atoms with Gasteiger partial charge in [-0.2, -0.15) is 0 Å². The molecular weight excluding hydrogens is 304 g/mol. The standard InChI is InChI=1S/C19H20N2O3/c22-18(21-10-4-5-11-21)17-13-16(14-20-17)19(23)24-12-6-9-15-7-2-1-3-8-15/h1-3,6-9,13-14,20H,4-5,10-12H2. The van der Waals surface area contributed by atoms with Gasteiger partial charge in [-0.15, -0.1) is 0 Å². The van der Waals surface area contributed by atoms with Crippen LogP contribution in [0.4, 0.5) is 0 Å². The molecule has 1 amide bonds. The molecule has 124 valence electrons. The van der Waals surface area contributed by atoms with Crippen molar-refractivity contribution in [2.45, 2.75) is 12.8 Å². The summed E-state index contributed by atoms with van der Waals surface area (Å²) in [6.07, 6.45) is 7.28. The SMILES string of the molecule is O=C(OCC=Cc1ccccc1)c1c[nH]c(C(=O)N2CCCC2)c1. The number of aromatic nitrogens is 1. The first-order valence-electron chi connectivity index (χ1n) is 8.10. The van der Waals surface area contributed by atoms with Crippen LogP contribution in [0.1, 0.15) is 39.3 Å². The van der Waals surface area contributed by atoms with Crippen molar-refractivity contribution >= 4 is 18.0 Å². The van der Waals surface area contributed by atoms with E-state index in [0.717, 1.165) is 31.5 Å². The van der Waals surface area contributed by atoms with Gasteiger partial charge in [-0.1, -0.05) is 36.4 Å². The second-order valence-corrected chi connectivity index (χ2v) is 5.71. The van der Waals surface area contributed by atoms with Gasteiger partial charge in [0, 0.05) is 19.3 Å². The molecule has 2 aromatic rings. The van der Waals surface area contributed by atoms with Gasteiger partial charge in [-0.25, -0.2) is 4.79 Å². The number of carbonyl (C=O) groups excluding carboxylic acids is 2. The van der Waals surface area contributed by atoms with Gasteiger partial charge < -0.3 is 14.6 Å². The third kappa shape index (κ3) is 3.93. The zero-order chi connectivity index (χ0) is 16.8. The molecule has 1 N–H and O–H groups in total. The number of nitrogens with zero attached hydrogens (tertiary/aromatic N) is 1. The zero-order valence-corrected chi connectivity index (χ0v) is 13.4. The zero-order valence-electron chi connectivity index (χ0n) is 13.4. The maximum Gasteiger partial charge on any atom is 0.340 e. The van der Waals surface area contributed by atoms with E-state index in [-0.39, 0.29) is 12.5 Å². The van der Waals surface area contributed by atoms with Crippen LogP contribution in [0, 0.1) is 0 Å². The molecule has 1 aromatic heterocycles. The molecule has 2 heterocycles. The quantitative estimate of drug-likeness (QED) is 0.860. The Morgan fingerprint density at radius 3 is 2.67 bits per heavy atom. The molecule has 1 aliphatic heterocycles. The molecule has 0 aliphatic carbocycles. The Labute approximate surface area is 140 Å². The number of carbonyl (C=O) groups is 2. The highest BCUT2D eigenvalue weighted by atomic mass is 16.5. The van der Waals surface area contributed by atoms with Crippen molar-refractivity contribution in [2.75, 3.05) is 19.7 Å². The normalized spacial score (nSPS) is 14.2. The van der Waals surface area contributed by atoms with Crippen LogP contribution in [0.25, 0.3) is 6.08 Å². The van der Waals surface area contributed by atoms with Crippen LogP contribution >= 0.6 is 0 Å². The first-order valence-corrected chi connectivity index (χ1v) is 8.10. The predicted octanol–water partition coefficient (Wildman–Crippen LogP) is 3.12. The predicted molar refractivity (Wildman–Crippen MR) is 91.7 cm³/mol. The number of nitrogens with one attached hydrogen (secondary N) is 1. The highest BCUT2D eigenvalue weighted by Crippen LogP contribution is 2.13. The fourth-order valence-corrected chi connectivity index (χ4v) is 2.68. The maximum atomic E-state index is 12.2. The number of esters is 1. The van der Waals surface area contributed by atoms with Crippen LogP contribution in [-0.2, 0) is 4.74 Å². The smallest absolute Gasteiger partial charge is 0.340 e. The van der Waals surface area contributed by atoms with Crippen LogP contribution < -0.4 is 0 Å². The Balaban J connectivity index is 1.52. The summed E-state index contributed by atoms with van der Waals surface area (Å²) in [5, 5.41) is 0. The molecule has 5 heteroatoms. The summed E-state index contributed by atoms with van der Waals surface area (Å²) >= 11 is 0. The van der Waals surface area contributed by atoms with Gasteiger partial charge in [-0.3, -0.25) is 4.79 Å². The van der Waals surface area contributed by atoms with Crippen LogP contribution in [0.3, 0.4) is 0 Å². The lowest BCUT2D eigenvalue weighted by Gasteiger charge is -2.13. The molecular formula is C19H20N2O3. The topological polar surface area (TPSA) is 62.4 Å². The van der Waals surface area contributed by atoms with Gasteiger partial charge in [0.25, 0.3) is 5.91 Å². The molecule has 0 radical (unpaired) electrons. The molecule has 1 saturated heterocycles. The van der Waals surface area contributed by atoms with Gasteiger partial charge in [0.2, 0.25) is 0 Å². The largest absolute Gasteiger partial charge is 0.458 e. The monoisotopic (exact) mass is 324 g/mol. The second kappa shape index (κ2) is 7.64. The van der Waals surface area contributed by atoms with E-state index in [1.54, 1.807) is 17.0 Å². The van der Waals surface area contributed by atoms with Crippen LogP contribution in [0.5, 0.6) is 0 Å². The van der Waals surface area contributed by atoms with E-state index in [0.29, 0.717) is 11.3 Å². The third-order valence-electron chi connectivity index (χ3n) is 3.96. The molecule has 0 saturated carbocycles. The summed E-state index contributed by atoms with van der Waals surface area (Å²) in [5.74, 6) is -0.500. The fraction of sp³-hybridized carbons (Fsp3) is 0.263. The Kier molecular flexibility index (Phi) is 5.11. The first-order chi connectivity index (χ1) is 11.7. The maximum absolute atomic E-state index is 12.2. The van der Waals surface area contributed by atoms with Gasteiger partial charge in [0.05, 0.1) is 5.56 Å². The Morgan fingerprint density at radius 1 is 1.17 bits per heavy atom. The van der Waals surface area contributed by atoms with E-state index in [1.165, 1.54) is 6.20 Å². The fourth-order valence-electron chi connectivity index (χ4n) is 2.68. The average molecular weight is 324 g/mol. The summed E-state index contributed by atoms with van der Waals surface area (Å²) < 4.78 is 5.20. The van der Waals surface area contributed by atoms with E-state index in [9.17, 15) is 9.59 Å². The van der Waals surface area contributed by atoms with E-state index >= 15 is 0 Å². The molecule has 0 unspecified atom stereocenters. The average Bonchev–Trinajstić information content (AvgIpc) is 3.30. The minimum absolute atomic E-state index is 0.0597. The Hall–Kier alpha value is -2.82. The van der Waals surface area contributed by atoms with Crippen molar-refractivity contribution < 1.29 is 14.3 Å². The minimum Gasteiger partial charge on any atom is -0.458 e. The van der Waals surface area contributed by atoms with Gasteiger partial charge >= 0.3 is 5.97 Å². The molecule has 1 aromatic carbocycles. The molecule has 24 heavy (non-hydrogen) atoms. The van der Waals surface area contributed by atoms with Gasteiger partial charge in [0.1, 0.15) is 12.3 Å². The van der Waals surface area contributed by atoms with Crippen molar-refractivity contribution in [1.29, 1.82) is 0 Å². The van der Waals surface area contributed by atoms with Gasteiger partial charge in [-0.05, 0) is 30.5 Å². The second-order valence-electron chi connectivity index (χ2n) is 5.71. The number of hydrogen-bond acceptors (Lipinski definition) is 3. The lowest BCUT2D eigenvalue weighted by Crippen LogP contribution is -2.27. The van der Waals surface area contributed by atoms with E-state index < -0.39 is 5.97 Å². The molecule has 5 nitrogen and oxygen atoms in total. The van der Waals surface area contributed by atoms with Crippen molar-refractivity contribution in [3.8, 4) is 0 Å². The number of ether oxygens (including phenoxy) is 1. The summed E-state index contributed by atoms with van der Waals surface area (Å²) in [6, 6.07) is 11.4. The molecule has 1 fully saturated rings. The lowest BCUT2D eigenvalue weighted by molar-refractivity contribution is 0.0550. The van der Waals surface area contributed by atoms with Gasteiger partial charge in [0.15, 0.2) is 0 Å². The van der Waals surface area contributed by atoms with Crippen molar-refractivity contribution in [1.82, 2.24) is 9.88 Å². The van der Waals surface area contributed by atoms with E-state index in [2.05, 4.69) is 4.98 Å². The minimum atomic E-state index is -0.440. The third-order valence-corrected chi connectivity index (χ3v) is 3.96. The van der Waals surface area contributed by atoms with Crippen molar-refractivity contribution in [3.63, 3.8) is 0 Å². The number of hydrogen-bond donors (Lipinski definition) is 1. The first kappa shape index (κ1) is 16.1. The number of aromatic amines is 1. The number of H-pyrrole nitrogens is 1. The highest BCUT2D eigenvalue weighted by molar-refractivity contribution is 5.97. The number of amides is 1. The van der Waals surface area contributed by atoms with Crippen LogP contribution in [0.15, 0.2) is 48.7 Å². The van der Waals surface area contributed by atoms with Crippen molar-refractivity contribution in [3.05, 3.63) is 65.5 Å². The molecule has 1 aliphatic rings. The molecule has 0 spiro atoms. The van der Waals surface area contributed by atoms with E-state index in [4.69, 9.17) is 4.74 Å². The van der Waals surface area contributed by atoms with Crippen molar-refractivity contribution in [2.24, 2.45) is 0 Å². The molecule has 0 bridgehead atoms.